The van der Waals surface area contributed by atoms with Gasteiger partial charge in [0.2, 0.25) is 0 Å². The molecule has 0 unspecified atom stereocenters. The predicted octanol–water partition coefficient (Wildman–Crippen LogP) is 2.97. The van der Waals surface area contributed by atoms with Crippen molar-refractivity contribution >= 4 is 5.69 Å². The van der Waals surface area contributed by atoms with Gasteiger partial charge >= 0.3 is 0 Å². The molecule has 1 aliphatic heterocycles. The Morgan fingerprint density at radius 2 is 1.62 bits per heavy atom. The highest BCUT2D eigenvalue weighted by Gasteiger charge is 2.02. The fourth-order valence-electron chi connectivity index (χ4n) is 1.67. The van der Waals surface area contributed by atoms with Crippen LogP contribution in [0, 0.1) is 5.82 Å². The Hall–Kier alpha value is -1.09. The minimum atomic E-state index is -0.200. The topological polar surface area (TPSA) is 15.3 Å². The standard InChI is InChI=1S/C7H8FN.C6H13N/c1-9-7-4-2-6(8)3-5-7;1-7-5-3-2-4-6-7/h2-5,9H,1H3;2-6H2,1H3. The average molecular weight is 224 g/mol. The number of hydrogen-bond acceptors (Lipinski definition) is 2. The van der Waals surface area contributed by atoms with Gasteiger partial charge in [-0.25, -0.2) is 4.39 Å². The van der Waals surface area contributed by atoms with Crippen molar-refractivity contribution < 1.29 is 4.39 Å². The number of anilines is 1. The first-order valence-electron chi connectivity index (χ1n) is 5.84. The van der Waals surface area contributed by atoms with Gasteiger partial charge in [-0.05, 0) is 57.2 Å². The van der Waals surface area contributed by atoms with Crippen LogP contribution in [0.4, 0.5) is 10.1 Å². The fraction of sp³-hybridized carbons (Fsp3) is 0.538. The summed E-state index contributed by atoms with van der Waals surface area (Å²) < 4.78 is 12.2. The molecule has 0 atom stereocenters. The molecule has 1 heterocycles. The van der Waals surface area contributed by atoms with Crippen LogP contribution in [0.3, 0.4) is 0 Å². The minimum absolute atomic E-state index is 0.200. The van der Waals surface area contributed by atoms with Crippen LogP contribution < -0.4 is 5.32 Å². The maximum atomic E-state index is 12.2. The molecule has 1 aromatic rings. The van der Waals surface area contributed by atoms with Crippen LogP contribution in [-0.4, -0.2) is 32.1 Å². The molecule has 3 heteroatoms. The van der Waals surface area contributed by atoms with Gasteiger partial charge in [0.25, 0.3) is 0 Å². The molecule has 1 aliphatic rings. The number of nitrogens with one attached hydrogen (secondary N) is 1. The number of halogens is 1. The highest BCUT2D eigenvalue weighted by Crippen LogP contribution is 2.06. The van der Waals surface area contributed by atoms with Gasteiger partial charge < -0.3 is 10.2 Å². The van der Waals surface area contributed by atoms with Crippen LogP contribution in [0.2, 0.25) is 0 Å². The van der Waals surface area contributed by atoms with Crippen molar-refractivity contribution in [2.45, 2.75) is 19.3 Å². The summed E-state index contributed by atoms with van der Waals surface area (Å²) in [4.78, 5) is 2.39. The van der Waals surface area contributed by atoms with Crippen LogP contribution in [0.1, 0.15) is 19.3 Å². The Morgan fingerprint density at radius 1 is 1.06 bits per heavy atom. The van der Waals surface area contributed by atoms with Crippen molar-refractivity contribution in [3.63, 3.8) is 0 Å². The van der Waals surface area contributed by atoms with E-state index in [2.05, 4.69) is 17.3 Å². The molecule has 0 spiro atoms. The lowest BCUT2D eigenvalue weighted by atomic mass is 10.1. The maximum Gasteiger partial charge on any atom is 0.123 e. The van der Waals surface area contributed by atoms with Gasteiger partial charge in [0, 0.05) is 12.7 Å². The Balaban J connectivity index is 0.000000165. The summed E-state index contributed by atoms with van der Waals surface area (Å²) in [5, 5.41) is 2.89. The average Bonchev–Trinajstić information content (AvgIpc) is 2.32. The summed E-state index contributed by atoms with van der Waals surface area (Å²) in [6.07, 6.45) is 4.28. The summed E-state index contributed by atoms with van der Waals surface area (Å²) in [5.74, 6) is -0.200. The van der Waals surface area contributed by atoms with E-state index in [0.29, 0.717) is 0 Å². The van der Waals surface area contributed by atoms with Gasteiger partial charge in [0.15, 0.2) is 0 Å². The van der Waals surface area contributed by atoms with Crippen LogP contribution in [0.25, 0.3) is 0 Å². The monoisotopic (exact) mass is 224 g/mol. The highest BCUT2D eigenvalue weighted by molar-refractivity contribution is 5.41. The van der Waals surface area contributed by atoms with Crippen molar-refractivity contribution in [1.82, 2.24) is 4.90 Å². The summed E-state index contributed by atoms with van der Waals surface area (Å²) in [6, 6.07) is 6.22. The maximum absolute atomic E-state index is 12.2. The molecule has 2 nitrogen and oxygen atoms in total. The molecule has 0 bridgehead atoms. The molecule has 0 saturated carbocycles. The highest BCUT2D eigenvalue weighted by atomic mass is 19.1. The van der Waals surface area contributed by atoms with E-state index >= 15 is 0 Å². The second-order valence-electron chi connectivity index (χ2n) is 4.12. The molecule has 16 heavy (non-hydrogen) atoms. The first-order valence-corrected chi connectivity index (χ1v) is 5.84. The lowest BCUT2D eigenvalue weighted by molar-refractivity contribution is 0.277. The van der Waals surface area contributed by atoms with Crippen molar-refractivity contribution in [1.29, 1.82) is 0 Å². The van der Waals surface area contributed by atoms with Crippen LogP contribution in [-0.2, 0) is 0 Å². The molecule has 0 aromatic heterocycles. The Bertz CT molecular complexity index is 278. The number of likely N-dealkylation sites (tertiary alicyclic amines) is 1. The third kappa shape index (κ3) is 5.12. The van der Waals surface area contributed by atoms with Crippen molar-refractivity contribution in [3.8, 4) is 0 Å². The number of rotatable bonds is 1. The van der Waals surface area contributed by atoms with E-state index in [-0.39, 0.29) is 5.82 Å². The van der Waals surface area contributed by atoms with Crippen molar-refractivity contribution in [2.24, 2.45) is 0 Å². The summed E-state index contributed by atoms with van der Waals surface area (Å²) >= 11 is 0. The smallest absolute Gasteiger partial charge is 0.123 e. The second kappa shape index (κ2) is 7.23. The molecule has 1 saturated heterocycles. The van der Waals surface area contributed by atoms with Crippen LogP contribution in [0.15, 0.2) is 24.3 Å². The van der Waals surface area contributed by atoms with E-state index in [0.717, 1.165) is 5.69 Å². The molecule has 1 aromatic carbocycles. The quantitative estimate of drug-likeness (QED) is 0.789. The number of nitrogens with zero attached hydrogens (tertiary/aromatic N) is 1. The normalized spacial score (nSPS) is 16.2. The minimum Gasteiger partial charge on any atom is -0.388 e. The largest absolute Gasteiger partial charge is 0.388 e. The lowest BCUT2D eigenvalue weighted by Gasteiger charge is -2.20. The van der Waals surface area contributed by atoms with Gasteiger partial charge in [0.1, 0.15) is 5.82 Å². The number of piperidine rings is 1. The molecule has 90 valence electrons. The molecule has 1 fully saturated rings. The van der Waals surface area contributed by atoms with Gasteiger partial charge in [-0.1, -0.05) is 6.42 Å². The SMILES string of the molecule is CN1CCCCC1.CNc1ccc(F)cc1. The third-order valence-corrected chi connectivity index (χ3v) is 2.71. The fourth-order valence-corrected chi connectivity index (χ4v) is 1.67. The third-order valence-electron chi connectivity index (χ3n) is 2.71. The molecule has 0 amide bonds. The molecule has 2 rings (SSSR count). The van der Waals surface area contributed by atoms with Gasteiger partial charge in [0.05, 0.1) is 0 Å². The van der Waals surface area contributed by atoms with Crippen molar-refractivity contribution in [2.75, 3.05) is 32.5 Å². The number of benzene rings is 1. The van der Waals surface area contributed by atoms with Crippen LogP contribution in [0.5, 0.6) is 0 Å². The van der Waals surface area contributed by atoms with E-state index < -0.39 is 0 Å². The Labute approximate surface area is 97.5 Å². The van der Waals surface area contributed by atoms with Crippen molar-refractivity contribution in [3.05, 3.63) is 30.1 Å². The van der Waals surface area contributed by atoms with E-state index in [9.17, 15) is 4.39 Å². The van der Waals surface area contributed by atoms with Gasteiger partial charge in [-0.2, -0.15) is 0 Å². The van der Waals surface area contributed by atoms with Crippen LogP contribution >= 0.6 is 0 Å². The summed E-state index contributed by atoms with van der Waals surface area (Å²) in [6.45, 7) is 2.64. The Morgan fingerprint density at radius 3 is 2.00 bits per heavy atom. The predicted molar refractivity (Wildman–Crippen MR) is 67.3 cm³/mol. The molecule has 1 N–H and O–H groups in total. The molecular weight excluding hydrogens is 203 g/mol. The molecule has 0 aliphatic carbocycles. The lowest BCUT2D eigenvalue weighted by Crippen LogP contribution is -2.24. The Kier molecular flexibility index (Phi) is 5.86. The van der Waals surface area contributed by atoms with E-state index in [1.165, 1.54) is 44.5 Å². The van der Waals surface area contributed by atoms with E-state index in [1.54, 1.807) is 19.2 Å². The summed E-state index contributed by atoms with van der Waals surface area (Å²) in [5.41, 5.74) is 0.927. The summed E-state index contributed by atoms with van der Waals surface area (Å²) in [7, 11) is 3.99. The van der Waals surface area contributed by atoms with E-state index in [1.807, 2.05) is 0 Å². The molecular formula is C13H21FN2. The van der Waals surface area contributed by atoms with Gasteiger partial charge in [-0.3, -0.25) is 0 Å². The van der Waals surface area contributed by atoms with E-state index in [4.69, 9.17) is 0 Å². The second-order valence-corrected chi connectivity index (χ2v) is 4.12. The van der Waals surface area contributed by atoms with Gasteiger partial charge in [-0.15, -0.1) is 0 Å². The zero-order chi connectivity index (χ0) is 11.8. The zero-order valence-corrected chi connectivity index (χ0v) is 10.2. The number of hydrogen-bond donors (Lipinski definition) is 1. The zero-order valence-electron chi connectivity index (χ0n) is 10.2. The molecule has 0 radical (unpaired) electrons. The first kappa shape index (κ1) is 13.0. The first-order chi connectivity index (χ1) is 7.72.